The van der Waals surface area contributed by atoms with Crippen molar-refractivity contribution in [3.05, 3.63) is 0 Å². The Morgan fingerprint density at radius 2 is 1.00 bits per heavy atom. The minimum Gasteiger partial charge on any atom is -0.464 e. The van der Waals surface area contributed by atoms with Gasteiger partial charge in [0.25, 0.3) is 5.91 Å². The van der Waals surface area contributed by atoms with Crippen molar-refractivity contribution in [1.29, 1.82) is 0 Å². The van der Waals surface area contributed by atoms with Crippen molar-refractivity contribution in [3.63, 3.8) is 0 Å². The summed E-state index contributed by atoms with van der Waals surface area (Å²) >= 11 is 0. The fourth-order valence-electron chi connectivity index (χ4n) is 7.38. The number of nitrogens with two attached hydrogens (primary N) is 1. The summed E-state index contributed by atoms with van der Waals surface area (Å²) in [6.07, 6.45) is -4.03. The minimum absolute atomic E-state index is 0.0251. The van der Waals surface area contributed by atoms with Crippen LogP contribution in [0.25, 0.3) is 0 Å². The smallest absolute Gasteiger partial charge is 0.337 e. The number of hydrogen-bond donors (Lipinski definition) is 5. The lowest BCUT2D eigenvalue weighted by Gasteiger charge is -2.45. The summed E-state index contributed by atoms with van der Waals surface area (Å²) in [6, 6.07) is -1.09. The molecule has 0 aromatic carbocycles. The molecule has 15 atom stereocenters. The summed E-state index contributed by atoms with van der Waals surface area (Å²) in [5.41, 5.74) is 5.94. The molecule has 0 spiro atoms. The molecule has 0 aromatic heterocycles. The van der Waals surface area contributed by atoms with Crippen LogP contribution in [0.15, 0.2) is 0 Å². The van der Waals surface area contributed by atoms with E-state index in [0.29, 0.717) is 0 Å². The van der Waals surface area contributed by atoms with Crippen LogP contribution >= 0.6 is 0 Å². The molecule has 14 heteroatoms. The molecule has 4 amide bonds. The molecule has 3 rings (SSSR count). The Morgan fingerprint density at radius 1 is 0.583 bits per heavy atom. The van der Waals surface area contributed by atoms with Crippen LogP contribution < -0.4 is 27.0 Å². The molecule has 6 N–H and O–H groups in total. The van der Waals surface area contributed by atoms with Crippen molar-refractivity contribution in [2.24, 2.45) is 47.2 Å². The van der Waals surface area contributed by atoms with Gasteiger partial charge in [0.2, 0.25) is 17.7 Å². The first-order chi connectivity index (χ1) is 22.5. The zero-order valence-corrected chi connectivity index (χ0v) is 30.2. The van der Waals surface area contributed by atoms with Gasteiger partial charge in [0.15, 0.2) is 12.2 Å². The minimum atomic E-state index is -1.01. The van der Waals surface area contributed by atoms with Gasteiger partial charge < -0.3 is 45.9 Å². The third-order valence-corrected chi connectivity index (χ3v) is 11.3. The first kappa shape index (κ1) is 39.6. The summed E-state index contributed by atoms with van der Waals surface area (Å²) < 4.78 is 23.9. The Bertz CT molecular complexity index is 1160. The van der Waals surface area contributed by atoms with E-state index in [1.54, 1.807) is 6.92 Å². The van der Waals surface area contributed by atoms with Crippen molar-refractivity contribution in [2.75, 3.05) is 26.2 Å². The van der Waals surface area contributed by atoms with E-state index in [-0.39, 0.29) is 97.4 Å². The number of ether oxygens (including phenoxy) is 4. The molecule has 3 saturated heterocycles. The molecule has 0 saturated carbocycles. The molecule has 0 radical (unpaired) electrons. The molecular weight excluding hydrogens is 622 g/mol. The molecule has 0 bridgehead atoms. The van der Waals surface area contributed by atoms with Gasteiger partial charge in [0, 0.05) is 33.5 Å². The molecule has 4 unspecified atom stereocenters. The van der Waals surface area contributed by atoms with Crippen LogP contribution in [-0.4, -0.2) is 105 Å². The van der Waals surface area contributed by atoms with Gasteiger partial charge in [-0.05, 0) is 48.3 Å². The highest BCUT2D eigenvalue weighted by Gasteiger charge is 2.48. The van der Waals surface area contributed by atoms with Gasteiger partial charge in [0.05, 0.1) is 37.0 Å². The predicted molar refractivity (Wildman–Crippen MR) is 177 cm³/mol. The summed E-state index contributed by atoms with van der Waals surface area (Å²) in [5, 5.41) is 11.7. The molecule has 0 aromatic rings. The van der Waals surface area contributed by atoms with E-state index in [9.17, 15) is 24.0 Å². The van der Waals surface area contributed by atoms with Crippen LogP contribution in [-0.2, 0) is 42.9 Å². The van der Waals surface area contributed by atoms with Gasteiger partial charge in [-0.15, -0.1) is 0 Å². The maximum Gasteiger partial charge on any atom is 0.337 e. The zero-order chi connectivity index (χ0) is 36.0. The van der Waals surface area contributed by atoms with Crippen molar-refractivity contribution < 1.29 is 42.9 Å². The average Bonchev–Trinajstić information content (AvgIpc) is 3.03. The number of carbonyl (C=O) groups excluding carboxylic acids is 5. The lowest BCUT2D eigenvalue weighted by molar-refractivity contribution is -0.180. The maximum atomic E-state index is 13.6. The molecule has 48 heavy (non-hydrogen) atoms. The van der Waals surface area contributed by atoms with Crippen LogP contribution in [0.5, 0.6) is 0 Å². The Kier molecular flexibility index (Phi) is 14.2. The zero-order valence-electron chi connectivity index (χ0n) is 30.2. The maximum absolute atomic E-state index is 13.6. The topological polar surface area (TPSA) is 196 Å². The van der Waals surface area contributed by atoms with Crippen LogP contribution in [0.4, 0.5) is 0 Å². The van der Waals surface area contributed by atoms with Crippen LogP contribution in [0.2, 0.25) is 0 Å². The Morgan fingerprint density at radius 3 is 1.48 bits per heavy atom. The second-order valence-corrected chi connectivity index (χ2v) is 14.2. The quantitative estimate of drug-likeness (QED) is 0.192. The van der Waals surface area contributed by atoms with Crippen LogP contribution in [0.3, 0.4) is 0 Å². The Labute approximate surface area is 285 Å². The standard InChI is InChI=1S/C34H59N5O9/c1-11-45-34(44)31-28(39-23(10)41)20(7)18(5)26(48-31)14-36-32(42)29-21(8)15(2)16(3)25(47-29)13-37-33(43)30-27(38-22(9)40)19(6)17(4)24(12-35)46-30/h15-21,24-31H,11-14,35H2,1-10H3,(H,36,42)(H,37,43)(H,38,40)(H,39,41)/t15-,16-,17-,18-,19-,20-,21+,24+,25+,26+,27?,28?,29+,30?,31?/m0/s1. The number of carbonyl (C=O) groups is 5. The Hall–Kier alpha value is -2.81. The molecule has 0 aliphatic carbocycles. The molecule has 3 aliphatic rings. The van der Waals surface area contributed by atoms with Crippen molar-refractivity contribution >= 4 is 29.6 Å². The highest BCUT2D eigenvalue weighted by molar-refractivity contribution is 5.83. The second-order valence-electron chi connectivity index (χ2n) is 14.2. The van der Waals surface area contributed by atoms with E-state index >= 15 is 0 Å². The van der Waals surface area contributed by atoms with E-state index in [2.05, 4.69) is 28.2 Å². The van der Waals surface area contributed by atoms with Crippen molar-refractivity contribution in [1.82, 2.24) is 21.3 Å². The second kappa shape index (κ2) is 17.2. The third kappa shape index (κ3) is 9.05. The summed E-state index contributed by atoms with van der Waals surface area (Å²) in [5.74, 6) is -2.03. The summed E-state index contributed by atoms with van der Waals surface area (Å²) in [7, 11) is 0. The van der Waals surface area contributed by atoms with Gasteiger partial charge >= 0.3 is 5.97 Å². The number of hydrogen-bond acceptors (Lipinski definition) is 10. The lowest BCUT2D eigenvalue weighted by atomic mass is 9.76. The largest absolute Gasteiger partial charge is 0.464 e. The number of esters is 1. The van der Waals surface area contributed by atoms with Gasteiger partial charge in [-0.3, -0.25) is 19.2 Å². The SMILES string of the molecule is CCOC(=O)C1O[C@H](CNC(=O)[C@@H]2O[C@H](CNC(=O)C3O[C@H](CN)[C@@H](C)[C@H](C)C3NC(C)=O)[C@@H](C)[C@H](C)[C@H]2C)[C@@H](C)[C@H](C)C1NC(C)=O. The Balaban J connectivity index is 1.67. The normalized spacial score (nSPS) is 39.9. The first-order valence-electron chi connectivity index (χ1n) is 17.5. The van der Waals surface area contributed by atoms with Gasteiger partial charge in [0.1, 0.15) is 6.10 Å². The van der Waals surface area contributed by atoms with E-state index < -0.39 is 48.6 Å². The van der Waals surface area contributed by atoms with E-state index in [4.69, 9.17) is 24.7 Å². The van der Waals surface area contributed by atoms with Gasteiger partial charge in [-0.2, -0.15) is 0 Å². The van der Waals surface area contributed by atoms with Gasteiger partial charge in [-0.25, -0.2) is 4.79 Å². The van der Waals surface area contributed by atoms with Crippen LogP contribution in [0, 0.1) is 41.4 Å². The highest BCUT2D eigenvalue weighted by atomic mass is 16.6. The highest BCUT2D eigenvalue weighted by Crippen LogP contribution is 2.36. The van der Waals surface area contributed by atoms with Gasteiger partial charge in [-0.1, -0.05) is 48.5 Å². The average molecular weight is 682 g/mol. The summed E-state index contributed by atoms with van der Waals surface area (Å²) in [6.45, 7) is 19.2. The number of nitrogens with one attached hydrogen (secondary N) is 4. The van der Waals surface area contributed by atoms with E-state index in [1.807, 2.05) is 41.5 Å². The number of rotatable bonds is 11. The molecule has 3 heterocycles. The molecule has 3 fully saturated rings. The molecule has 3 aliphatic heterocycles. The first-order valence-corrected chi connectivity index (χ1v) is 17.5. The number of amides is 4. The predicted octanol–water partition coefficient (Wildman–Crippen LogP) is 0.505. The molecule has 274 valence electrons. The fourth-order valence-corrected chi connectivity index (χ4v) is 7.38. The van der Waals surface area contributed by atoms with E-state index in [0.717, 1.165) is 0 Å². The third-order valence-electron chi connectivity index (χ3n) is 11.3. The summed E-state index contributed by atoms with van der Waals surface area (Å²) in [4.78, 5) is 63.8. The van der Waals surface area contributed by atoms with Crippen molar-refractivity contribution in [2.45, 2.75) is 118 Å². The molecular formula is C34H59N5O9. The fraction of sp³-hybridized carbons (Fsp3) is 0.853. The van der Waals surface area contributed by atoms with Crippen LogP contribution in [0.1, 0.15) is 69.2 Å². The molecule has 14 nitrogen and oxygen atoms in total. The monoisotopic (exact) mass is 681 g/mol. The van der Waals surface area contributed by atoms with E-state index in [1.165, 1.54) is 13.8 Å². The lowest BCUT2D eigenvalue weighted by Crippen LogP contribution is -2.63. The van der Waals surface area contributed by atoms with Crippen molar-refractivity contribution in [3.8, 4) is 0 Å².